The predicted octanol–water partition coefficient (Wildman–Crippen LogP) is 4.57. The van der Waals surface area contributed by atoms with Crippen molar-refractivity contribution in [3.8, 4) is 0 Å². The maximum Gasteiger partial charge on any atom is 0.326 e. The zero-order valence-electron chi connectivity index (χ0n) is 19.6. The Labute approximate surface area is 199 Å². The monoisotopic (exact) mass is 458 g/mol. The van der Waals surface area contributed by atoms with Crippen LogP contribution in [0.1, 0.15) is 29.2 Å². The van der Waals surface area contributed by atoms with Gasteiger partial charge >= 0.3 is 5.69 Å². The van der Waals surface area contributed by atoms with E-state index in [2.05, 4.69) is 46.0 Å². The molecule has 1 aliphatic rings. The molecule has 0 bridgehead atoms. The lowest BCUT2D eigenvalue weighted by Crippen LogP contribution is -2.48. The van der Waals surface area contributed by atoms with Gasteiger partial charge in [-0.2, -0.15) is 0 Å². The van der Waals surface area contributed by atoms with Crippen LogP contribution in [-0.2, 0) is 6.54 Å². The Balaban J connectivity index is 1.22. The number of nitrogens with one attached hydrogen (secondary N) is 1. The Morgan fingerprint density at radius 1 is 0.853 bits per heavy atom. The number of imidazole rings is 1. The average Bonchev–Trinajstić information content (AvgIpc) is 3.17. The lowest BCUT2D eigenvalue weighted by molar-refractivity contribution is 0.108. The van der Waals surface area contributed by atoms with Crippen LogP contribution in [0.15, 0.2) is 77.6 Å². The molecule has 1 aliphatic heterocycles. The predicted molar refractivity (Wildman–Crippen MR) is 135 cm³/mol. The second kappa shape index (κ2) is 9.95. The second-order valence-electron chi connectivity index (χ2n) is 9.19. The summed E-state index contributed by atoms with van der Waals surface area (Å²) in [5.74, 6) is -0.203. The minimum Gasteiger partial charge on any atom is -0.306 e. The molecule has 1 fully saturated rings. The van der Waals surface area contributed by atoms with Crippen molar-refractivity contribution < 1.29 is 4.39 Å². The number of fused-ring (bicyclic) bond motifs is 1. The van der Waals surface area contributed by atoms with E-state index < -0.39 is 0 Å². The maximum atomic E-state index is 13.6. The van der Waals surface area contributed by atoms with Crippen molar-refractivity contribution in [3.63, 3.8) is 0 Å². The highest BCUT2D eigenvalue weighted by atomic mass is 19.1. The van der Waals surface area contributed by atoms with Gasteiger partial charge in [0.15, 0.2) is 0 Å². The van der Waals surface area contributed by atoms with Crippen LogP contribution in [0, 0.1) is 12.7 Å². The number of para-hydroxylation sites is 2. The van der Waals surface area contributed by atoms with E-state index in [1.165, 1.54) is 11.1 Å². The second-order valence-corrected chi connectivity index (χ2v) is 9.19. The molecule has 3 aromatic carbocycles. The third-order valence-electron chi connectivity index (χ3n) is 6.89. The van der Waals surface area contributed by atoms with Crippen LogP contribution < -0.4 is 5.69 Å². The first-order valence-corrected chi connectivity index (χ1v) is 12.0. The highest BCUT2D eigenvalue weighted by Gasteiger charge is 2.26. The number of hydrogen-bond donors (Lipinski definition) is 1. The molecule has 5 nitrogen and oxygen atoms in total. The quantitative estimate of drug-likeness (QED) is 0.441. The number of aromatic amines is 1. The Morgan fingerprint density at radius 3 is 2.21 bits per heavy atom. The summed E-state index contributed by atoms with van der Waals surface area (Å²) in [4.78, 5) is 20.2. The summed E-state index contributed by atoms with van der Waals surface area (Å²) in [6.45, 7) is 7.63. The number of hydrogen-bond acceptors (Lipinski definition) is 3. The highest BCUT2D eigenvalue weighted by molar-refractivity contribution is 5.74. The summed E-state index contributed by atoms with van der Waals surface area (Å²) < 4.78 is 15.4. The smallest absolute Gasteiger partial charge is 0.306 e. The number of benzene rings is 3. The van der Waals surface area contributed by atoms with Gasteiger partial charge in [0.25, 0.3) is 0 Å². The number of aromatic nitrogens is 2. The van der Waals surface area contributed by atoms with Gasteiger partial charge in [0.1, 0.15) is 5.82 Å². The minimum absolute atomic E-state index is 0.0359. The van der Waals surface area contributed by atoms with Crippen LogP contribution in [0.2, 0.25) is 0 Å². The van der Waals surface area contributed by atoms with E-state index in [1.807, 2.05) is 41.0 Å². The van der Waals surface area contributed by atoms with Gasteiger partial charge in [0, 0.05) is 32.7 Å². The van der Waals surface area contributed by atoms with Gasteiger partial charge in [-0.05, 0) is 55.3 Å². The van der Waals surface area contributed by atoms with Gasteiger partial charge in [0.2, 0.25) is 0 Å². The van der Waals surface area contributed by atoms with E-state index in [1.54, 1.807) is 12.1 Å². The molecule has 1 atom stereocenters. The van der Waals surface area contributed by atoms with E-state index in [-0.39, 0.29) is 17.5 Å². The van der Waals surface area contributed by atoms with Crippen molar-refractivity contribution >= 4 is 11.0 Å². The molecule has 5 rings (SSSR count). The van der Waals surface area contributed by atoms with Crippen molar-refractivity contribution in [3.05, 3.63) is 106 Å². The van der Waals surface area contributed by atoms with Crippen LogP contribution in [0.4, 0.5) is 4.39 Å². The number of H-pyrrole nitrogens is 1. The SMILES string of the molecule is Cc1ccc(C(c2ccc(F)cc2)N2CCN(CCCn3c(=O)[nH]c4ccccc43)CC2)cc1. The number of piperazine rings is 1. The average molecular weight is 459 g/mol. The summed E-state index contributed by atoms with van der Waals surface area (Å²) in [6.07, 6.45) is 0.932. The number of nitrogens with zero attached hydrogens (tertiary/aromatic N) is 3. The first-order valence-electron chi connectivity index (χ1n) is 12.0. The Bertz CT molecular complexity index is 1240. The standard InChI is InChI=1S/C28H31FN4O/c1-21-7-9-22(10-8-21)27(23-11-13-24(29)14-12-23)32-19-17-31(18-20-32)15-4-16-33-26-6-3-2-5-25(26)30-28(33)34/h2-3,5-14,27H,4,15-20H2,1H3,(H,30,34). The van der Waals surface area contributed by atoms with Crippen molar-refractivity contribution in [2.75, 3.05) is 32.7 Å². The van der Waals surface area contributed by atoms with E-state index in [9.17, 15) is 9.18 Å². The number of rotatable bonds is 7. The van der Waals surface area contributed by atoms with Crippen LogP contribution in [0.3, 0.4) is 0 Å². The fourth-order valence-electron chi connectivity index (χ4n) is 5.03. The fourth-order valence-corrected chi connectivity index (χ4v) is 5.03. The summed E-state index contributed by atoms with van der Waals surface area (Å²) in [5.41, 5.74) is 5.43. The van der Waals surface area contributed by atoms with Crippen molar-refractivity contribution in [2.24, 2.45) is 0 Å². The molecule has 0 amide bonds. The highest BCUT2D eigenvalue weighted by Crippen LogP contribution is 2.30. The van der Waals surface area contributed by atoms with Gasteiger partial charge < -0.3 is 9.88 Å². The Morgan fingerprint density at radius 2 is 1.50 bits per heavy atom. The van der Waals surface area contributed by atoms with Crippen molar-refractivity contribution in [1.82, 2.24) is 19.4 Å². The van der Waals surface area contributed by atoms with Crippen LogP contribution in [0.5, 0.6) is 0 Å². The zero-order valence-corrected chi connectivity index (χ0v) is 19.6. The van der Waals surface area contributed by atoms with Gasteiger partial charge in [-0.3, -0.25) is 9.47 Å². The summed E-state index contributed by atoms with van der Waals surface area (Å²) >= 11 is 0. The van der Waals surface area contributed by atoms with E-state index in [0.29, 0.717) is 6.54 Å². The first-order chi connectivity index (χ1) is 16.6. The molecule has 1 aromatic heterocycles. The molecule has 0 spiro atoms. The summed E-state index contributed by atoms with van der Waals surface area (Å²) in [5, 5.41) is 0. The van der Waals surface area contributed by atoms with E-state index >= 15 is 0 Å². The molecule has 0 radical (unpaired) electrons. The normalized spacial score (nSPS) is 16.2. The largest absolute Gasteiger partial charge is 0.326 e. The topological polar surface area (TPSA) is 44.3 Å². The molecule has 4 aromatic rings. The lowest BCUT2D eigenvalue weighted by Gasteiger charge is -2.40. The third kappa shape index (κ3) is 4.83. The lowest BCUT2D eigenvalue weighted by atomic mass is 9.95. The molecule has 0 aliphatic carbocycles. The number of halogens is 1. The fraction of sp³-hybridized carbons (Fsp3) is 0.321. The zero-order chi connectivity index (χ0) is 23.5. The van der Waals surface area contributed by atoms with Crippen molar-refractivity contribution in [2.45, 2.75) is 25.9 Å². The molecule has 176 valence electrons. The van der Waals surface area contributed by atoms with Crippen LogP contribution in [-0.4, -0.2) is 52.1 Å². The van der Waals surface area contributed by atoms with E-state index in [4.69, 9.17) is 0 Å². The molecule has 1 unspecified atom stereocenters. The van der Waals surface area contributed by atoms with Crippen LogP contribution in [0.25, 0.3) is 11.0 Å². The molecule has 6 heteroatoms. The summed E-state index contributed by atoms with van der Waals surface area (Å²) in [7, 11) is 0. The van der Waals surface area contributed by atoms with Gasteiger partial charge in [0.05, 0.1) is 17.1 Å². The number of aryl methyl sites for hydroxylation is 2. The van der Waals surface area contributed by atoms with Gasteiger partial charge in [-0.1, -0.05) is 54.1 Å². The minimum atomic E-state index is -0.203. The van der Waals surface area contributed by atoms with Gasteiger partial charge in [-0.15, -0.1) is 0 Å². The molecule has 2 heterocycles. The molecule has 1 saturated heterocycles. The van der Waals surface area contributed by atoms with Gasteiger partial charge in [-0.25, -0.2) is 9.18 Å². The molecular weight excluding hydrogens is 427 g/mol. The third-order valence-corrected chi connectivity index (χ3v) is 6.89. The molecule has 0 saturated carbocycles. The van der Waals surface area contributed by atoms with Crippen LogP contribution >= 0.6 is 0 Å². The molecular formula is C28H31FN4O. The summed E-state index contributed by atoms with van der Waals surface area (Å²) in [6, 6.07) is 23.6. The first kappa shape index (κ1) is 22.6. The molecule has 1 N–H and O–H groups in total. The van der Waals surface area contributed by atoms with Crippen molar-refractivity contribution in [1.29, 1.82) is 0 Å². The molecule has 34 heavy (non-hydrogen) atoms. The van der Waals surface area contributed by atoms with E-state index in [0.717, 1.165) is 55.7 Å². The maximum absolute atomic E-state index is 13.6. The Kier molecular flexibility index (Phi) is 6.61. The Hall–Kier alpha value is -3.22.